The minimum Gasteiger partial charge on any atom is -0.394 e. The third-order valence-electron chi connectivity index (χ3n) is 1.26. The maximum absolute atomic E-state index is 11.8. The van der Waals surface area contributed by atoms with E-state index in [1.165, 1.54) is 0 Å². The predicted molar refractivity (Wildman–Crippen MR) is 34.9 cm³/mol. The molecule has 0 aliphatic carbocycles. The summed E-state index contributed by atoms with van der Waals surface area (Å²) in [6.45, 7) is -2.23. The van der Waals surface area contributed by atoms with Gasteiger partial charge < -0.3 is 14.9 Å². The molecule has 0 aliphatic rings. The average molecular weight is 242 g/mol. The fourth-order valence-electron chi connectivity index (χ4n) is 0.635. The third-order valence-corrected chi connectivity index (χ3v) is 1.26. The molecule has 0 aliphatic heterocycles. The van der Waals surface area contributed by atoms with Crippen molar-refractivity contribution in [1.29, 1.82) is 0 Å². The Balaban J connectivity index is 4.42. The van der Waals surface area contributed by atoms with Crippen molar-refractivity contribution < 1.29 is 41.3 Å². The first-order valence-electron chi connectivity index (χ1n) is 3.63. The zero-order valence-electron chi connectivity index (χ0n) is 7.14. The van der Waals surface area contributed by atoms with E-state index in [4.69, 9.17) is 10.2 Å². The fraction of sp³-hybridized carbons (Fsp3) is 1.00. The summed E-state index contributed by atoms with van der Waals surface area (Å²) in [7, 11) is 0. The summed E-state index contributed by atoms with van der Waals surface area (Å²) in [4.78, 5) is 0. The molecular weight excluding hydrogens is 234 g/mol. The zero-order chi connectivity index (χ0) is 12.3. The Morgan fingerprint density at radius 1 is 1.00 bits per heavy atom. The lowest BCUT2D eigenvalue weighted by Gasteiger charge is -2.23. The highest BCUT2D eigenvalue weighted by Gasteiger charge is 2.58. The lowest BCUT2D eigenvalue weighted by Crippen LogP contribution is -2.45. The molecule has 3 nitrogen and oxygen atoms in total. The van der Waals surface area contributed by atoms with Crippen LogP contribution in [0.15, 0.2) is 0 Å². The summed E-state index contributed by atoms with van der Waals surface area (Å²) in [6.07, 6.45) is -16.9. The van der Waals surface area contributed by atoms with E-state index in [1.807, 2.05) is 0 Å². The maximum atomic E-state index is 11.8. The van der Waals surface area contributed by atoms with Crippen LogP contribution >= 0.6 is 0 Å². The number of hydrogen-bond acceptors (Lipinski definition) is 3. The summed E-state index contributed by atoms with van der Waals surface area (Å²) in [5, 5.41) is 16.7. The molecule has 9 heteroatoms. The van der Waals surface area contributed by atoms with Crippen LogP contribution in [0.25, 0.3) is 0 Å². The van der Waals surface area contributed by atoms with Crippen molar-refractivity contribution in [2.45, 2.75) is 24.6 Å². The second kappa shape index (κ2) is 4.99. The van der Waals surface area contributed by atoms with Gasteiger partial charge >= 0.3 is 12.4 Å². The molecule has 0 saturated heterocycles. The Morgan fingerprint density at radius 3 is 1.67 bits per heavy atom. The quantitative estimate of drug-likeness (QED) is 0.718. The molecule has 15 heavy (non-hydrogen) atoms. The molecule has 0 aromatic heterocycles. The van der Waals surface area contributed by atoms with E-state index in [-0.39, 0.29) is 0 Å². The minimum absolute atomic E-state index is 0.984. The van der Waals surface area contributed by atoms with Crippen LogP contribution in [0.4, 0.5) is 26.3 Å². The monoisotopic (exact) mass is 242 g/mol. The molecule has 0 spiro atoms. The third kappa shape index (κ3) is 5.19. The van der Waals surface area contributed by atoms with Crippen LogP contribution in [-0.2, 0) is 4.74 Å². The fourth-order valence-corrected chi connectivity index (χ4v) is 0.635. The highest BCUT2D eigenvalue weighted by Crippen LogP contribution is 2.35. The van der Waals surface area contributed by atoms with E-state index in [0.717, 1.165) is 0 Å². The Bertz CT molecular complexity index is 174. The normalized spacial score (nSPS) is 15.8. The van der Waals surface area contributed by atoms with E-state index >= 15 is 0 Å². The highest BCUT2D eigenvalue weighted by atomic mass is 19.4. The smallest absolute Gasteiger partial charge is 0.394 e. The largest absolute Gasteiger partial charge is 0.423 e. The van der Waals surface area contributed by atoms with E-state index in [9.17, 15) is 26.3 Å². The van der Waals surface area contributed by atoms with Crippen LogP contribution in [0, 0.1) is 0 Å². The van der Waals surface area contributed by atoms with Crippen molar-refractivity contribution in [2.75, 3.05) is 13.2 Å². The van der Waals surface area contributed by atoms with Gasteiger partial charge in [0, 0.05) is 0 Å². The number of ether oxygens (including phenoxy) is 1. The molecule has 0 aromatic rings. The molecule has 0 heterocycles. The highest BCUT2D eigenvalue weighted by molar-refractivity contribution is 4.76. The summed E-state index contributed by atoms with van der Waals surface area (Å²) >= 11 is 0. The van der Waals surface area contributed by atoms with Crippen LogP contribution in [0.2, 0.25) is 0 Å². The minimum atomic E-state index is -5.60. The van der Waals surface area contributed by atoms with Gasteiger partial charge in [-0.1, -0.05) is 0 Å². The molecule has 0 fully saturated rings. The Kier molecular flexibility index (Phi) is 4.81. The Labute approximate surface area is 80.3 Å². The van der Waals surface area contributed by atoms with Gasteiger partial charge in [0.15, 0.2) is 0 Å². The molecule has 92 valence electrons. The summed E-state index contributed by atoms with van der Waals surface area (Å²) in [6, 6.07) is 0. The second-order valence-electron chi connectivity index (χ2n) is 2.63. The molecule has 0 radical (unpaired) electrons. The van der Waals surface area contributed by atoms with Crippen molar-refractivity contribution in [3.05, 3.63) is 0 Å². The first-order chi connectivity index (χ1) is 6.59. The number of hydrogen-bond donors (Lipinski definition) is 2. The molecule has 0 rings (SSSR count). The molecule has 1 atom stereocenters. The molecule has 0 bridgehead atoms. The van der Waals surface area contributed by atoms with Crippen molar-refractivity contribution >= 4 is 0 Å². The zero-order valence-corrected chi connectivity index (χ0v) is 7.14. The van der Waals surface area contributed by atoms with Crippen LogP contribution in [-0.4, -0.2) is 48.0 Å². The number of aliphatic hydroxyl groups is 2. The van der Waals surface area contributed by atoms with Crippen molar-refractivity contribution in [3.63, 3.8) is 0 Å². The van der Waals surface area contributed by atoms with Crippen LogP contribution in [0.5, 0.6) is 0 Å². The van der Waals surface area contributed by atoms with E-state index < -0.39 is 37.8 Å². The predicted octanol–water partition coefficient (Wildman–Crippen LogP) is 0.849. The Morgan fingerprint density at radius 2 is 1.40 bits per heavy atom. The summed E-state index contributed by atoms with van der Waals surface area (Å²) in [5.74, 6) is 0. The number of halogens is 6. The molecule has 0 saturated carbocycles. The van der Waals surface area contributed by atoms with Crippen LogP contribution in [0.3, 0.4) is 0 Å². The topological polar surface area (TPSA) is 49.7 Å². The average Bonchev–Trinajstić information content (AvgIpc) is 1.99. The van der Waals surface area contributed by atoms with E-state index in [1.54, 1.807) is 0 Å². The van der Waals surface area contributed by atoms with Gasteiger partial charge in [0.25, 0.3) is 0 Å². The molecule has 0 aromatic carbocycles. The summed E-state index contributed by atoms with van der Waals surface area (Å²) < 4.78 is 74.2. The molecule has 0 amide bonds. The molecular formula is C6H8F6O3. The van der Waals surface area contributed by atoms with Gasteiger partial charge in [-0.15, -0.1) is 0 Å². The Hall–Kier alpha value is -0.540. The van der Waals surface area contributed by atoms with Gasteiger partial charge in [-0.3, -0.25) is 0 Å². The first kappa shape index (κ1) is 14.5. The van der Waals surface area contributed by atoms with Gasteiger partial charge in [-0.05, 0) is 0 Å². The van der Waals surface area contributed by atoms with Gasteiger partial charge in [0.2, 0.25) is 6.10 Å². The lowest BCUT2D eigenvalue weighted by molar-refractivity contribution is -0.324. The van der Waals surface area contributed by atoms with Crippen molar-refractivity contribution in [2.24, 2.45) is 0 Å². The van der Waals surface area contributed by atoms with Gasteiger partial charge in [-0.25, -0.2) is 0 Å². The number of aliphatic hydroxyl groups excluding tert-OH is 2. The maximum Gasteiger partial charge on any atom is 0.423 e. The van der Waals surface area contributed by atoms with Crippen molar-refractivity contribution in [1.82, 2.24) is 0 Å². The van der Waals surface area contributed by atoms with Crippen molar-refractivity contribution in [3.8, 4) is 0 Å². The van der Waals surface area contributed by atoms with Crippen LogP contribution < -0.4 is 0 Å². The number of alkyl halides is 6. The van der Waals surface area contributed by atoms with Gasteiger partial charge in [-0.2, -0.15) is 26.3 Å². The molecule has 2 N–H and O–H groups in total. The van der Waals surface area contributed by atoms with Gasteiger partial charge in [0.1, 0.15) is 6.10 Å². The van der Waals surface area contributed by atoms with E-state index in [2.05, 4.69) is 4.74 Å². The lowest BCUT2D eigenvalue weighted by atomic mass is 10.3. The first-order valence-corrected chi connectivity index (χ1v) is 3.63. The van der Waals surface area contributed by atoms with E-state index in [0.29, 0.717) is 0 Å². The van der Waals surface area contributed by atoms with Gasteiger partial charge in [0.05, 0.1) is 13.2 Å². The number of rotatable bonds is 4. The molecule has 1 unspecified atom stereocenters. The summed E-state index contributed by atoms with van der Waals surface area (Å²) in [5.41, 5.74) is 0. The van der Waals surface area contributed by atoms with Crippen LogP contribution in [0.1, 0.15) is 0 Å². The second-order valence-corrected chi connectivity index (χ2v) is 2.63. The SMILES string of the molecule is OCC(O)COC(C(F)(F)F)C(F)(F)F. The standard InChI is InChI=1S/C6H8F6O3/c7-5(8,9)4(6(10,11)12)15-2-3(14)1-13/h3-4,13-14H,1-2H2.